The molecule has 0 bridgehead atoms. The van der Waals surface area contributed by atoms with E-state index in [1.54, 1.807) is 0 Å². The molecule has 0 saturated heterocycles. The SMILES string of the molecule is CCCCCCCCCCCCCCCCCOC(OCCCCCCCCCCCCCCCCC)OC(=O)NCCCCCC(=O)NCCCC(C)(C)OCC. The number of rotatable bonds is 47. The van der Waals surface area contributed by atoms with Crippen LogP contribution >= 0.6 is 0 Å². The standard InChI is InChI=1S/C50H100N2O6/c1-6-9-11-13-15-17-19-21-23-25-27-29-31-33-38-45-55-49(56-46-39-34-32-30-28-26-24-22-20-18-16-14-12-10-7-2)58-48(54)52-43-37-35-36-41-47(53)51-44-40-42-50(4,5)57-8-3/h49H,6-46H2,1-5H3,(H,51,53)(H,52,54). The van der Waals surface area contributed by atoms with Crippen LogP contribution in [0.1, 0.15) is 266 Å². The summed E-state index contributed by atoms with van der Waals surface area (Å²) >= 11 is 0. The minimum absolute atomic E-state index is 0.0851. The smallest absolute Gasteiger partial charge is 0.394 e. The van der Waals surface area contributed by atoms with E-state index < -0.39 is 12.6 Å². The number of carbonyl (C=O) groups excluding carboxylic acids is 2. The van der Waals surface area contributed by atoms with Crippen LogP contribution in [0.15, 0.2) is 0 Å². The maximum atomic E-state index is 12.6. The van der Waals surface area contributed by atoms with E-state index in [9.17, 15) is 9.59 Å². The normalized spacial score (nSPS) is 11.8. The van der Waals surface area contributed by atoms with Crippen LogP contribution in [-0.2, 0) is 23.7 Å². The summed E-state index contributed by atoms with van der Waals surface area (Å²) in [6.45, 7) is 12.7. The molecule has 8 heteroatoms. The molecule has 0 aromatic rings. The van der Waals surface area contributed by atoms with Crippen molar-refractivity contribution < 1.29 is 28.5 Å². The van der Waals surface area contributed by atoms with Gasteiger partial charge in [0.2, 0.25) is 5.91 Å². The lowest BCUT2D eigenvalue weighted by molar-refractivity contribution is -0.261. The number of hydrogen-bond acceptors (Lipinski definition) is 6. The van der Waals surface area contributed by atoms with Gasteiger partial charge in [-0.25, -0.2) is 4.79 Å². The predicted molar refractivity (Wildman–Crippen MR) is 246 cm³/mol. The summed E-state index contributed by atoms with van der Waals surface area (Å²) in [7, 11) is 0. The predicted octanol–water partition coefficient (Wildman–Crippen LogP) is 15.0. The highest BCUT2D eigenvalue weighted by Gasteiger charge is 2.17. The summed E-state index contributed by atoms with van der Waals surface area (Å²) < 4.78 is 23.2. The first-order chi connectivity index (χ1) is 28.3. The third-order valence-corrected chi connectivity index (χ3v) is 11.4. The first-order valence-corrected chi connectivity index (χ1v) is 25.4. The topological polar surface area (TPSA) is 95.1 Å². The number of carbonyl (C=O) groups is 2. The summed E-state index contributed by atoms with van der Waals surface area (Å²) in [5.74, 6) is 0.0851. The average molecular weight is 825 g/mol. The fraction of sp³-hybridized carbons (Fsp3) is 0.960. The van der Waals surface area contributed by atoms with Crippen LogP contribution in [0, 0.1) is 0 Å². The molecule has 0 fully saturated rings. The Bertz CT molecular complexity index is 820. The van der Waals surface area contributed by atoms with E-state index in [1.807, 2.05) is 6.92 Å². The van der Waals surface area contributed by atoms with Crippen molar-refractivity contribution in [3.05, 3.63) is 0 Å². The first kappa shape index (κ1) is 56.6. The molecule has 0 spiro atoms. The molecule has 0 atom stereocenters. The maximum Gasteiger partial charge on any atom is 0.411 e. The number of unbranched alkanes of at least 4 members (excludes halogenated alkanes) is 30. The van der Waals surface area contributed by atoms with Crippen molar-refractivity contribution in [1.82, 2.24) is 10.6 Å². The van der Waals surface area contributed by atoms with E-state index in [0.717, 1.165) is 57.8 Å². The second-order valence-corrected chi connectivity index (χ2v) is 17.7. The van der Waals surface area contributed by atoms with Gasteiger partial charge in [0.1, 0.15) is 0 Å². The molecule has 2 N–H and O–H groups in total. The van der Waals surface area contributed by atoms with Crippen molar-refractivity contribution in [2.75, 3.05) is 32.9 Å². The Labute approximate surface area is 360 Å². The van der Waals surface area contributed by atoms with E-state index in [-0.39, 0.29) is 11.5 Å². The number of ether oxygens (including phenoxy) is 4. The van der Waals surface area contributed by atoms with E-state index in [2.05, 4.69) is 38.3 Å². The van der Waals surface area contributed by atoms with Crippen molar-refractivity contribution in [3.63, 3.8) is 0 Å². The lowest BCUT2D eigenvalue weighted by Crippen LogP contribution is -2.33. The molecular weight excluding hydrogens is 725 g/mol. The second-order valence-electron chi connectivity index (χ2n) is 17.7. The molecule has 0 aromatic heterocycles. The van der Waals surface area contributed by atoms with Gasteiger partial charge in [-0.1, -0.05) is 200 Å². The van der Waals surface area contributed by atoms with E-state index >= 15 is 0 Å². The lowest BCUT2D eigenvalue weighted by atomic mass is 10.0. The summed E-state index contributed by atoms with van der Waals surface area (Å²) in [5, 5.41) is 5.86. The molecule has 2 amide bonds. The van der Waals surface area contributed by atoms with Gasteiger partial charge in [0, 0.05) is 26.1 Å². The molecule has 0 aliphatic heterocycles. The van der Waals surface area contributed by atoms with Crippen molar-refractivity contribution in [1.29, 1.82) is 0 Å². The summed E-state index contributed by atoms with van der Waals surface area (Å²) in [5.41, 5.74) is -0.150. The van der Waals surface area contributed by atoms with Crippen LogP contribution in [0.25, 0.3) is 0 Å². The van der Waals surface area contributed by atoms with Crippen molar-refractivity contribution in [2.24, 2.45) is 0 Å². The van der Waals surface area contributed by atoms with Crippen LogP contribution in [0.2, 0.25) is 0 Å². The lowest BCUT2D eigenvalue weighted by Gasteiger charge is -2.24. The molecule has 8 nitrogen and oxygen atoms in total. The Kier molecular flexibility index (Phi) is 44.1. The average Bonchev–Trinajstić information content (AvgIpc) is 3.20. The highest BCUT2D eigenvalue weighted by atomic mass is 16.9. The number of hydrogen-bond donors (Lipinski definition) is 2. The molecule has 0 saturated carbocycles. The molecule has 0 aliphatic carbocycles. The fourth-order valence-electron chi connectivity index (χ4n) is 7.62. The van der Waals surface area contributed by atoms with Gasteiger partial charge in [0.05, 0.1) is 18.8 Å². The maximum absolute atomic E-state index is 12.6. The van der Waals surface area contributed by atoms with Gasteiger partial charge in [0.25, 0.3) is 0 Å². The minimum Gasteiger partial charge on any atom is -0.394 e. The van der Waals surface area contributed by atoms with Crippen molar-refractivity contribution >= 4 is 12.0 Å². The molecule has 0 unspecified atom stereocenters. The molecule has 0 aliphatic rings. The van der Waals surface area contributed by atoms with Gasteiger partial charge in [-0.15, -0.1) is 0 Å². The fourth-order valence-corrected chi connectivity index (χ4v) is 7.62. The summed E-state index contributed by atoms with van der Waals surface area (Å²) in [4.78, 5) is 24.8. The summed E-state index contributed by atoms with van der Waals surface area (Å²) in [6, 6.07) is 0. The van der Waals surface area contributed by atoms with Crippen LogP contribution in [0.4, 0.5) is 4.79 Å². The van der Waals surface area contributed by atoms with E-state index in [1.165, 1.54) is 167 Å². The molecule has 0 aromatic carbocycles. The Morgan fingerprint density at radius 2 is 0.810 bits per heavy atom. The Balaban J connectivity index is 4.20. The zero-order valence-electron chi connectivity index (χ0n) is 39.5. The van der Waals surface area contributed by atoms with Gasteiger partial charge in [-0.3, -0.25) is 4.79 Å². The minimum atomic E-state index is -0.971. The number of amides is 2. The highest BCUT2D eigenvalue weighted by molar-refractivity contribution is 5.75. The number of nitrogens with one attached hydrogen (secondary N) is 2. The monoisotopic (exact) mass is 825 g/mol. The zero-order chi connectivity index (χ0) is 42.5. The molecule has 0 heterocycles. The van der Waals surface area contributed by atoms with Crippen LogP contribution < -0.4 is 10.6 Å². The zero-order valence-corrected chi connectivity index (χ0v) is 39.5. The molecule has 58 heavy (non-hydrogen) atoms. The Morgan fingerprint density at radius 3 is 1.21 bits per heavy atom. The highest BCUT2D eigenvalue weighted by Crippen LogP contribution is 2.17. The molecule has 0 rings (SSSR count). The quantitative estimate of drug-likeness (QED) is 0.0469. The number of alkyl carbamates (subject to hydrolysis) is 1. The first-order valence-electron chi connectivity index (χ1n) is 25.4. The van der Waals surface area contributed by atoms with Gasteiger partial charge in [-0.2, -0.15) is 0 Å². The van der Waals surface area contributed by atoms with Gasteiger partial charge >= 0.3 is 12.6 Å². The van der Waals surface area contributed by atoms with Crippen LogP contribution in [-0.4, -0.2) is 57.0 Å². The van der Waals surface area contributed by atoms with Gasteiger partial charge < -0.3 is 29.6 Å². The largest absolute Gasteiger partial charge is 0.411 e. The van der Waals surface area contributed by atoms with Crippen molar-refractivity contribution in [2.45, 2.75) is 278 Å². The third kappa shape index (κ3) is 44.2. The van der Waals surface area contributed by atoms with E-state index in [4.69, 9.17) is 18.9 Å². The Morgan fingerprint density at radius 1 is 0.448 bits per heavy atom. The van der Waals surface area contributed by atoms with Gasteiger partial charge in [-0.05, 0) is 59.3 Å². The summed E-state index contributed by atoms with van der Waals surface area (Å²) in [6.07, 6.45) is 43.9. The van der Waals surface area contributed by atoms with Crippen LogP contribution in [0.5, 0.6) is 0 Å². The van der Waals surface area contributed by atoms with E-state index in [0.29, 0.717) is 39.3 Å². The second kappa shape index (κ2) is 45.2. The van der Waals surface area contributed by atoms with Crippen LogP contribution in [0.3, 0.4) is 0 Å². The Hall–Kier alpha value is -1.38. The molecule has 346 valence electrons. The van der Waals surface area contributed by atoms with Crippen molar-refractivity contribution in [3.8, 4) is 0 Å². The van der Waals surface area contributed by atoms with Gasteiger partial charge in [0.15, 0.2) is 0 Å². The molecular formula is C50H100N2O6. The third-order valence-electron chi connectivity index (χ3n) is 11.4. The molecule has 0 radical (unpaired) electrons.